The Bertz CT molecular complexity index is 769. The van der Waals surface area contributed by atoms with Crippen molar-refractivity contribution in [3.63, 3.8) is 0 Å². The van der Waals surface area contributed by atoms with Crippen molar-refractivity contribution >= 4 is 23.2 Å². The molecule has 4 rings (SSSR count). The largest absolute Gasteiger partial charge is 0.353 e. The fourth-order valence-corrected chi connectivity index (χ4v) is 3.66. The number of carbonyl (C=O) groups excluding carboxylic acids is 1. The summed E-state index contributed by atoms with van der Waals surface area (Å²) >= 11 is 5.88. The molecular formula is C19H21ClN4O. The van der Waals surface area contributed by atoms with Gasteiger partial charge in [-0.3, -0.25) is 9.69 Å². The third-order valence-corrected chi connectivity index (χ3v) is 5.29. The van der Waals surface area contributed by atoms with Crippen LogP contribution in [0.25, 0.3) is 0 Å². The third kappa shape index (κ3) is 3.67. The number of aromatic nitrogens is 2. The van der Waals surface area contributed by atoms with Crippen LogP contribution in [0.3, 0.4) is 0 Å². The Morgan fingerprint density at radius 2 is 1.80 bits per heavy atom. The molecule has 0 radical (unpaired) electrons. The predicted octanol–water partition coefficient (Wildman–Crippen LogP) is 2.62. The van der Waals surface area contributed by atoms with Crippen molar-refractivity contribution in [2.24, 2.45) is 0 Å². The Labute approximate surface area is 152 Å². The van der Waals surface area contributed by atoms with Crippen molar-refractivity contribution in [1.82, 2.24) is 15.1 Å². The summed E-state index contributed by atoms with van der Waals surface area (Å²) in [4.78, 5) is 16.9. The van der Waals surface area contributed by atoms with Crippen molar-refractivity contribution in [2.75, 3.05) is 37.6 Å². The molecule has 0 amide bonds. The van der Waals surface area contributed by atoms with Gasteiger partial charge in [-0.2, -0.15) is 5.10 Å². The van der Waals surface area contributed by atoms with Crippen LogP contribution in [0.4, 0.5) is 5.82 Å². The van der Waals surface area contributed by atoms with Crippen LogP contribution >= 0.6 is 11.6 Å². The highest BCUT2D eigenvalue weighted by atomic mass is 35.5. The first-order valence-electron chi connectivity index (χ1n) is 8.80. The van der Waals surface area contributed by atoms with Crippen molar-refractivity contribution < 1.29 is 4.79 Å². The molecule has 0 spiro atoms. The summed E-state index contributed by atoms with van der Waals surface area (Å²) in [6.07, 6.45) is 3.37. The van der Waals surface area contributed by atoms with Crippen LogP contribution in [0.2, 0.25) is 5.02 Å². The number of carbonyl (C=O) groups is 1. The van der Waals surface area contributed by atoms with Crippen LogP contribution in [-0.2, 0) is 12.8 Å². The zero-order valence-electron chi connectivity index (χ0n) is 14.1. The lowest BCUT2D eigenvalue weighted by Crippen LogP contribution is -2.48. The number of hydrogen-bond donors (Lipinski definition) is 0. The van der Waals surface area contributed by atoms with Crippen molar-refractivity contribution in [3.8, 4) is 0 Å². The van der Waals surface area contributed by atoms with Crippen molar-refractivity contribution in [3.05, 3.63) is 52.2 Å². The van der Waals surface area contributed by atoms with Gasteiger partial charge in [-0.05, 0) is 55.2 Å². The highest BCUT2D eigenvalue weighted by molar-refractivity contribution is 6.30. The summed E-state index contributed by atoms with van der Waals surface area (Å²) in [5.41, 5.74) is 3.23. The van der Waals surface area contributed by atoms with E-state index < -0.39 is 0 Å². The summed E-state index contributed by atoms with van der Waals surface area (Å²) < 4.78 is 0. The van der Waals surface area contributed by atoms with Crippen LogP contribution in [0, 0.1) is 0 Å². The van der Waals surface area contributed by atoms with Gasteiger partial charge in [0.05, 0.1) is 12.2 Å². The molecule has 1 aliphatic heterocycles. The number of anilines is 1. The van der Waals surface area contributed by atoms with Crippen LogP contribution in [0.15, 0.2) is 30.3 Å². The molecule has 2 heterocycles. The molecule has 130 valence electrons. The second-order valence-electron chi connectivity index (χ2n) is 6.72. The Balaban J connectivity index is 1.34. The van der Waals surface area contributed by atoms with Gasteiger partial charge < -0.3 is 4.90 Å². The maximum Gasteiger partial charge on any atom is 0.176 e. The Morgan fingerprint density at radius 3 is 2.56 bits per heavy atom. The molecule has 25 heavy (non-hydrogen) atoms. The molecule has 0 atom stereocenters. The molecule has 2 aliphatic rings. The van der Waals surface area contributed by atoms with Gasteiger partial charge >= 0.3 is 0 Å². The minimum absolute atomic E-state index is 0.141. The Hall–Kier alpha value is -1.98. The van der Waals surface area contributed by atoms with Crippen LogP contribution < -0.4 is 4.90 Å². The molecule has 0 bridgehead atoms. The van der Waals surface area contributed by atoms with E-state index in [9.17, 15) is 4.79 Å². The van der Waals surface area contributed by atoms with Gasteiger partial charge in [0.25, 0.3) is 0 Å². The molecule has 1 fully saturated rings. The molecule has 1 aromatic heterocycles. The molecular weight excluding hydrogens is 336 g/mol. The number of ketones is 1. The van der Waals surface area contributed by atoms with Gasteiger partial charge in [0.2, 0.25) is 0 Å². The van der Waals surface area contributed by atoms with E-state index in [2.05, 4.69) is 26.1 Å². The first-order chi connectivity index (χ1) is 12.2. The summed E-state index contributed by atoms with van der Waals surface area (Å²) in [5, 5.41) is 9.43. The number of hydrogen-bond acceptors (Lipinski definition) is 5. The lowest BCUT2D eigenvalue weighted by Gasteiger charge is -2.34. The van der Waals surface area contributed by atoms with E-state index >= 15 is 0 Å². The highest BCUT2D eigenvalue weighted by Gasteiger charge is 2.22. The van der Waals surface area contributed by atoms with E-state index in [1.165, 1.54) is 12.0 Å². The van der Waals surface area contributed by atoms with Crippen LogP contribution in [0.1, 0.15) is 28.0 Å². The van der Waals surface area contributed by atoms with E-state index in [-0.39, 0.29) is 5.78 Å². The summed E-state index contributed by atoms with van der Waals surface area (Å²) in [6, 6.07) is 9.31. The highest BCUT2D eigenvalue weighted by Crippen LogP contribution is 2.23. The SMILES string of the molecule is O=C(CN1CCN(c2cc3c(nn2)CCC3)CC1)c1ccc(Cl)cc1. The fraction of sp³-hybridized carbons (Fsp3) is 0.421. The van der Waals surface area contributed by atoms with Gasteiger partial charge in [0, 0.05) is 36.8 Å². The second-order valence-corrected chi connectivity index (χ2v) is 7.16. The average molecular weight is 357 g/mol. The van der Waals surface area contributed by atoms with E-state index in [0.29, 0.717) is 11.6 Å². The first-order valence-corrected chi connectivity index (χ1v) is 9.18. The smallest absolute Gasteiger partial charge is 0.176 e. The number of piperazine rings is 1. The summed E-state index contributed by atoms with van der Waals surface area (Å²) in [6.45, 7) is 3.92. The lowest BCUT2D eigenvalue weighted by molar-refractivity contribution is 0.0926. The monoisotopic (exact) mass is 356 g/mol. The molecule has 1 saturated heterocycles. The number of Topliss-reactive ketones (excluding diaryl/α,β-unsaturated/α-hetero) is 1. The standard InChI is InChI=1S/C19H21ClN4O/c20-16-6-4-14(5-7-16)18(25)13-23-8-10-24(11-9-23)19-12-15-2-1-3-17(15)21-22-19/h4-7,12H,1-3,8-11,13H2. The zero-order chi connectivity index (χ0) is 17.2. The molecule has 5 nitrogen and oxygen atoms in total. The number of halogens is 1. The van der Waals surface area contributed by atoms with Crippen molar-refractivity contribution in [1.29, 1.82) is 0 Å². The van der Waals surface area contributed by atoms with Gasteiger partial charge in [-0.15, -0.1) is 5.10 Å². The van der Waals surface area contributed by atoms with E-state index in [1.54, 1.807) is 24.3 Å². The molecule has 2 aromatic rings. The predicted molar refractivity (Wildman–Crippen MR) is 98.5 cm³/mol. The zero-order valence-corrected chi connectivity index (χ0v) is 14.9. The van der Waals surface area contributed by atoms with Gasteiger partial charge in [-0.25, -0.2) is 0 Å². The van der Waals surface area contributed by atoms with Gasteiger partial charge in [0.1, 0.15) is 0 Å². The number of benzene rings is 1. The van der Waals surface area contributed by atoms with Gasteiger partial charge in [-0.1, -0.05) is 11.6 Å². The summed E-state index contributed by atoms with van der Waals surface area (Å²) in [5.74, 6) is 1.12. The minimum atomic E-state index is 0.141. The summed E-state index contributed by atoms with van der Waals surface area (Å²) in [7, 11) is 0. The van der Waals surface area contributed by atoms with E-state index in [1.807, 2.05) is 0 Å². The number of aryl methyl sites for hydroxylation is 2. The Kier molecular flexibility index (Phi) is 4.68. The van der Waals surface area contributed by atoms with Crippen molar-refractivity contribution in [2.45, 2.75) is 19.3 Å². The van der Waals surface area contributed by atoms with E-state index in [4.69, 9.17) is 11.6 Å². The normalized spacial score (nSPS) is 17.6. The van der Waals surface area contributed by atoms with Crippen LogP contribution in [0.5, 0.6) is 0 Å². The fourth-order valence-electron chi connectivity index (χ4n) is 3.54. The second kappa shape index (κ2) is 7.10. The molecule has 0 unspecified atom stereocenters. The molecule has 0 N–H and O–H groups in total. The number of fused-ring (bicyclic) bond motifs is 1. The van der Waals surface area contributed by atoms with Gasteiger partial charge in [0.15, 0.2) is 11.6 Å². The average Bonchev–Trinajstić information content (AvgIpc) is 3.10. The molecule has 0 saturated carbocycles. The first kappa shape index (κ1) is 16.5. The molecule has 6 heteroatoms. The maximum atomic E-state index is 12.4. The topological polar surface area (TPSA) is 49.3 Å². The number of nitrogens with zero attached hydrogens (tertiary/aromatic N) is 4. The third-order valence-electron chi connectivity index (χ3n) is 5.04. The Morgan fingerprint density at radius 1 is 1.04 bits per heavy atom. The molecule has 1 aromatic carbocycles. The minimum Gasteiger partial charge on any atom is -0.353 e. The van der Waals surface area contributed by atoms with E-state index in [0.717, 1.165) is 56.1 Å². The quantitative estimate of drug-likeness (QED) is 0.788. The molecule has 1 aliphatic carbocycles. The lowest BCUT2D eigenvalue weighted by atomic mass is 10.1. The number of rotatable bonds is 4. The van der Waals surface area contributed by atoms with Crippen LogP contribution in [-0.4, -0.2) is 53.6 Å². The maximum absolute atomic E-state index is 12.4.